The van der Waals surface area contributed by atoms with Gasteiger partial charge in [0, 0.05) is 61.2 Å². The molecule has 5 heterocycles. The Morgan fingerprint density at radius 1 is 0.250 bits per heavy atom. The molecule has 0 aliphatic rings. The molecule has 0 fully saturated rings. The first-order valence-electron chi connectivity index (χ1n) is 22.4. The molecule has 9 nitrogen and oxygen atoms in total. The van der Waals surface area contributed by atoms with E-state index in [9.17, 15) is 0 Å². The van der Waals surface area contributed by atoms with Crippen molar-refractivity contribution < 1.29 is 0 Å². The fraction of sp³-hybridized carbons (Fsp3) is 0. The molecular weight excluding hydrogens is 835 g/mol. The van der Waals surface area contributed by atoms with Gasteiger partial charge in [-0.1, -0.05) is 176 Å². The van der Waals surface area contributed by atoms with Crippen LogP contribution in [0.4, 0.5) is 0 Å². The van der Waals surface area contributed by atoms with Gasteiger partial charge < -0.3 is 0 Å². The molecule has 8 aromatic carbocycles. The van der Waals surface area contributed by atoms with E-state index < -0.39 is 0 Å². The molecule has 0 radical (unpaired) electrons. The van der Waals surface area contributed by atoms with E-state index in [1.165, 1.54) is 16.2 Å². The monoisotopic (exact) mass is 873 g/mol. The highest BCUT2D eigenvalue weighted by Gasteiger charge is 2.18. The molecule has 320 valence electrons. The fourth-order valence-electron chi connectivity index (χ4n) is 8.79. The van der Waals surface area contributed by atoms with Crippen LogP contribution in [0.5, 0.6) is 0 Å². The van der Waals surface area contributed by atoms with Gasteiger partial charge in [0.05, 0.1) is 16.6 Å². The Morgan fingerprint density at radius 2 is 0.574 bits per heavy atom. The summed E-state index contributed by atoms with van der Waals surface area (Å²) in [5.41, 5.74) is 10.0. The summed E-state index contributed by atoms with van der Waals surface area (Å²) in [6.07, 6.45) is 1.84. The number of benzene rings is 8. The van der Waals surface area contributed by atoms with Gasteiger partial charge in [0.15, 0.2) is 29.1 Å². The van der Waals surface area contributed by atoms with Crippen LogP contribution in [-0.2, 0) is 0 Å². The molecule has 9 heteroatoms. The zero-order valence-corrected chi connectivity index (χ0v) is 36.5. The molecule has 5 aromatic heterocycles. The van der Waals surface area contributed by atoms with Gasteiger partial charge in [-0.15, -0.1) is 0 Å². The molecule has 0 bridgehead atoms. The Morgan fingerprint density at radius 3 is 1.00 bits per heavy atom. The van der Waals surface area contributed by atoms with E-state index in [1.807, 2.05) is 134 Å². The van der Waals surface area contributed by atoms with Crippen LogP contribution in [0.2, 0.25) is 0 Å². The minimum atomic E-state index is 0.616. The first-order chi connectivity index (χ1) is 33.7. The van der Waals surface area contributed by atoms with E-state index in [0.717, 1.165) is 61.1 Å². The zero-order valence-electron chi connectivity index (χ0n) is 36.5. The molecule has 0 N–H and O–H groups in total. The van der Waals surface area contributed by atoms with Gasteiger partial charge in [-0.25, -0.2) is 24.9 Å². The predicted molar refractivity (Wildman–Crippen MR) is 273 cm³/mol. The lowest BCUT2D eigenvalue weighted by molar-refractivity contribution is 0.953. The van der Waals surface area contributed by atoms with E-state index in [1.54, 1.807) is 0 Å². The Kier molecular flexibility index (Phi) is 10.3. The largest absolute Gasteiger partial charge is 0.294 e. The maximum absolute atomic E-state index is 4.91. The predicted octanol–water partition coefficient (Wildman–Crippen LogP) is 13.7. The Hall–Kier alpha value is -9.47. The molecule has 0 unspecified atom stereocenters. The summed E-state index contributed by atoms with van der Waals surface area (Å²) in [6, 6.07) is 77.8. The minimum absolute atomic E-state index is 0.616. The summed E-state index contributed by atoms with van der Waals surface area (Å²) in [6.45, 7) is 0. The second kappa shape index (κ2) is 17.5. The van der Waals surface area contributed by atoms with Crippen molar-refractivity contribution in [3.05, 3.63) is 237 Å². The smallest absolute Gasteiger partial charge is 0.238 e. The van der Waals surface area contributed by atoms with Crippen LogP contribution in [-0.4, -0.2) is 44.0 Å². The fourth-order valence-corrected chi connectivity index (χ4v) is 8.79. The number of nitrogens with zero attached hydrogens (tertiary/aromatic N) is 9. The number of pyridine rings is 1. The first kappa shape index (κ1) is 40.1. The zero-order chi connectivity index (χ0) is 45.2. The Bertz CT molecular complexity index is 3670. The van der Waals surface area contributed by atoms with Crippen molar-refractivity contribution in [2.24, 2.45) is 0 Å². The number of hydrogen-bond acceptors (Lipinski definition) is 7. The third kappa shape index (κ3) is 7.49. The summed E-state index contributed by atoms with van der Waals surface area (Å²) in [5, 5.41) is 4.69. The van der Waals surface area contributed by atoms with E-state index in [2.05, 4.69) is 112 Å². The summed E-state index contributed by atoms with van der Waals surface area (Å²) in [4.78, 5) is 33.8. The summed E-state index contributed by atoms with van der Waals surface area (Å²) < 4.78 is 4.33. The topological polar surface area (TPSA) is 100 Å². The molecule has 0 atom stereocenters. The van der Waals surface area contributed by atoms with E-state index in [4.69, 9.17) is 34.9 Å². The average Bonchev–Trinajstić information content (AvgIpc) is 3.95. The molecule has 0 saturated heterocycles. The molecule has 0 amide bonds. The average molecular weight is 874 g/mol. The number of para-hydroxylation sites is 3. The van der Waals surface area contributed by atoms with Crippen LogP contribution in [0.3, 0.4) is 0 Å². The van der Waals surface area contributed by atoms with E-state index in [0.29, 0.717) is 35.1 Å². The van der Waals surface area contributed by atoms with Gasteiger partial charge in [0.2, 0.25) is 5.95 Å². The molecule has 0 aliphatic carbocycles. The van der Waals surface area contributed by atoms with Crippen molar-refractivity contribution in [2.75, 3.05) is 0 Å². The lowest BCUT2D eigenvalue weighted by atomic mass is 10.1. The van der Waals surface area contributed by atoms with Crippen LogP contribution in [0.1, 0.15) is 0 Å². The minimum Gasteiger partial charge on any atom is -0.294 e. The third-order valence-corrected chi connectivity index (χ3v) is 12.0. The lowest BCUT2D eigenvalue weighted by Crippen LogP contribution is -2.06. The highest BCUT2D eigenvalue weighted by molar-refractivity contribution is 6.09. The normalized spacial score (nSPS) is 11.2. The molecular formula is C59H39N9. The third-order valence-electron chi connectivity index (χ3n) is 12.0. The van der Waals surface area contributed by atoms with Gasteiger partial charge in [-0.05, 0) is 54.6 Å². The second-order valence-electron chi connectivity index (χ2n) is 16.2. The highest BCUT2D eigenvalue weighted by Crippen LogP contribution is 2.34. The Labute approximate surface area is 391 Å². The van der Waals surface area contributed by atoms with Crippen molar-refractivity contribution in [2.45, 2.75) is 0 Å². The van der Waals surface area contributed by atoms with Gasteiger partial charge in [0.1, 0.15) is 5.65 Å². The van der Waals surface area contributed by atoms with Crippen LogP contribution in [0, 0.1) is 0 Å². The molecule has 0 aliphatic heterocycles. The maximum Gasteiger partial charge on any atom is 0.238 e. The summed E-state index contributed by atoms with van der Waals surface area (Å²) in [7, 11) is 0. The summed E-state index contributed by atoms with van der Waals surface area (Å²) in [5.74, 6) is 3.88. The molecule has 0 saturated carbocycles. The van der Waals surface area contributed by atoms with Gasteiger partial charge in [-0.3, -0.25) is 9.13 Å². The van der Waals surface area contributed by atoms with Crippen molar-refractivity contribution >= 4 is 43.7 Å². The van der Waals surface area contributed by atoms with Crippen LogP contribution in [0.15, 0.2) is 237 Å². The van der Waals surface area contributed by atoms with Gasteiger partial charge >= 0.3 is 0 Å². The number of fused-ring (bicyclic) bond motifs is 6. The second-order valence-corrected chi connectivity index (χ2v) is 16.2. The quantitative estimate of drug-likeness (QED) is 0.157. The van der Waals surface area contributed by atoms with Crippen molar-refractivity contribution in [1.29, 1.82) is 0 Å². The molecule has 13 rings (SSSR count). The van der Waals surface area contributed by atoms with Crippen LogP contribution >= 0.6 is 0 Å². The standard InChI is InChI=1S/C32H21N5.C27H18N4/c1-3-10-22(11-4-1)29-34-30(23-12-5-2-6-13-23)36-31(35-29)24-17-19-25(20-18-24)37-28-16-8-7-14-26(28)27-15-9-21-33-32(27)37;1-3-11-19(12-4-1)25-28-26(20-13-5-2-6-14-20)30-27(29-25)31-23-17-9-7-15-21(23)22-16-8-10-18-24(22)31/h1-21H;1-18H. The van der Waals surface area contributed by atoms with Gasteiger partial charge in [0.25, 0.3) is 0 Å². The van der Waals surface area contributed by atoms with Gasteiger partial charge in [-0.2, -0.15) is 9.97 Å². The van der Waals surface area contributed by atoms with E-state index in [-0.39, 0.29) is 0 Å². The van der Waals surface area contributed by atoms with Crippen LogP contribution < -0.4 is 0 Å². The summed E-state index contributed by atoms with van der Waals surface area (Å²) >= 11 is 0. The van der Waals surface area contributed by atoms with E-state index >= 15 is 0 Å². The SMILES string of the molecule is c1ccc(-c2nc(-c3ccccc3)nc(-c3ccc(-n4c5ccccc5c5cccnc54)cc3)n2)cc1.c1ccc(-c2nc(-c3ccccc3)nc(-n3c4ccccc4c4ccccc43)n2)cc1. The number of rotatable bonds is 7. The number of aromatic nitrogens is 9. The molecule has 68 heavy (non-hydrogen) atoms. The number of hydrogen-bond donors (Lipinski definition) is 0. The molecule has 0 spiro atoms. The van der Waals surface area contributed by atoms with Crippen molar-refractivity contribution in [3.8, 4) is 68.6 Å². The Balaban J connectivity index is 0.000000143. The molecule has 13 aromatic rings. The first-order valence-corrected chi connectivity index (χ1v) is 22.4. The van der Waals surface area contributed by atoms with Crippen LogP contribution in [0.25, 0.3) is 112 Å². The maximum atomic E-state index is 4.91. The van der Waals surface area contributed by atoms with Crippen molar-refractivity contribution in [1.82, 2.24) is 44.0 Å². The van der Waals surface area contributed by atoms with Crippen molar-refractivity contribution in [3.63, 3.8) is 0 Å². The highest BCUT2D eigenvalue weighted by atomic mass is 15.2. The lowest BCUT2D eigenvalue weighted by Gasteiger charge is -2.10.